The summed E-state index contributed by atoms with van der Waals surface area (Å²) in [7, 11) is 1.57. The molecule has 0 N–H and O–H groups in total. The zero-order valence-electron chi connectivity index (χ0n) is 32.7. The quantitative estimate of drug-likeness (QED) is 0.142. The molecule has 0 spiro atoms. The van der Waals surface area contributed by atoms with Gasteiger partial charge in [0.15, 0.2) is 12.6 Å². The van der Waals surface area contributed by atoms with Crippen LogP contribution in [0.2, 0.25) is 0 Å². The second-order valence-corrected chi connectivity index (χ2v) is 16.8. The van der Waals surface area contributed by atoms with Gasteiger partial charge in [-0.3, -0.25) is 14.2 Å². The fourth-order valence-corrected chi connectivity index (χ4v) is 9.73. The maximum absolute atomic E-state index is 15.5. The number of fused-ring (bicyclic) bond motifs is 7. The zero-order valence-corrected chi connectivity index (χ0v) is 32.7. The summed E-state index contributed by atoms with van der Waals surface area (Å²) in [6.45, 7) is 10.3. The highest BCUT2D eigenvalue weighted by Crippen LogP contribution is 2.43. The first-order valence-corrected chi connectivity index (χ1v) is 19.8. The monoisotopic (exact) mass is 769 g/mol. The summed E-state index contributed by atoms with van der Waals surface area (Å²) >= 11 is 0. The van der Waals surface area contributed by atoms with Gasteiger partial charge >= 0.3 is 12.1 Å². The summed E-state index contributed by atoms with van der Waals surface area (Å²) in [5, 5.41) is 1.59. The average molecular weight is 770 g/mol. The molecule has 5 aromatic rings. The van der Waals surface area contributed by atoms with Crippen molar-refractivity contribution in [2.24, 2.45) is 0 Å². The third-order valence-electron chi connectivity index (χ3n) is 12.0. The summed E-state index contributed by atoms with van der Waals surface area (Å²) in [5.74, 6) is 0.954. The topological polar surface area (TPSA) is 107 Å². The standard InChI is InChI=1S/C42H49F2N7O5/c1-6-30-33(44)11-8-25-16-29(55-24-53-5)17-31(35(25)30)32-18-34-36(50-15-13-45-37(32)50)38(47-39(46-34)54-23-42-12-7-14-49(42)20-26(43)19-42)48-21-27-9-10-28(22-48)51(27)40(52)56-41(2,3)4/h8,11,13,15-18,26-28H,6-7,9-10,12,14,19-24H2,1-5H3/t26-,27-,28+,42+/m1/s1. The van der Waals surface area contributed by atoms with Crippen molar-refractivity contribution in [2.75, 3.05) is 51.6 Å². The number of amides is 1. The molecule has 12 nitrogen and oxygen atoms in total. The molecular weight excluding hydrogens is 721 g/mol. The normalized spacial score (nSPS) is 23.8. The SMILES string of the molecule is CCc1c(F)ccc2cc(OCOC)cc(-c3cc4nc(OC[C@@]56CCCN5C[C@H](F)C6)nc(N5C[C@H]6CC[C@@H](C5)N6C(=O)OC(C)(C)C)c4n4ccnc34)c12. The molecule has 9 rings (SSSR count). The van der Waals surface area contributed by atoms with Crippen LogP contribution in [0.4, 0.5) is 19.4 Å². The predicted octanol–water partition coefficient (Wildman–Crippen LogP) is 7.33. The lowest BCUT2D eigenvalue weighted by atomic mass is 9.93. The Labute approximate surface area is 324 Å². The van der Waals surface area contributed by atoms with E-state index >= 15 is 4.39 Å². The van der Waals surface area contributed by atoms with Crippen LogP contribution in [-0.4, -0.2) is 111 Å². The Morgan fingerprint density at radius 3 is 2.59 bits per heavy atom. The molecule has 56 heavy (non-hydrogen) atoms. The first kappa shape index (κ1) is 36.8. The maximum Gasteiger partial charge on any atom is 0.410 e. The number of anilines is 1. The lowest BCUT2D eigenvalue weighted by Crippen LogP contribution is -2.57. The van der Waals surface area contributed by atoms with Gasteiger partial charge < -0.3 is 23.8 Å². The van der Waals surface area contributed by atoms with Crippen LogP contribution < -0.4 is 14.4 Å². The number of rotatable bonds is 9. The van der Waals surface area contributed by atoms with Crippen LogP contribution >= 0.6 is 0 Å². The third-order valence-corrected chi connectivity index (χ3v) is 12.0. The number of aryl methyl sites for hydroxylation is 1. The van der Waals surface area contributed by atoms with Crippen molar-refractivity contribution in [1.29, 1.82) is 0 Å². The number of aromatic nitrogens is 4. The van der Waals surface area contributed by atoms with Crippen LogP contribution in [-0.2, 0) is 15.9 Å². The number of piperazine rings is 1. The molecule has 0 unspecified atom stereocenters. The van der Waals surface area contributed by atoms with Crippen LogP contribution in [0, 0.1) is 5.82 Å². The van der Waals surface area contributed by atoms with Gasteiger partial charge in [0.1, 0.15) is 41.1 Å². The number of carbonyl (C=O) groups excluding carboxylic acids is 1. The Bertz CT molecular complexity index is 2320. The molecule has 4 atom stereocenters. The van der Waals surface area contributed by atoms with E-state index in [-0.39, 0.29) is 43.4 Å². The molecule has 4 fully saturated rings. The van der Waals surface area contributed by atoms with Gasteiger partial charge in [-0.25, -0.2) is 18.6 Å². The van der Waals surface area contributed by atoms with Crippen molar-refractivity contribution in [1.82, 2.24) is 29.2 Å². The van der Waals surface area contributed by atoms with Crippen molar-refractivity contribution in [3.05, 3.63) is 54.1 Å². The molecule has 0 aliphatic carbocycles. The van der Waals surface area contributed by atoms with Gasteiger partial charge in [-0.1, -0.05) is 13.0 Å². The number of benzene rings is 2. The van der Waals surface area contributed by atoms with Crippen LogP contribution in [0.5, 0.6) is 11.8 Å². The van der Waals surface area contributed by atoms with Gasteiger partial charge in [0.25, 0.3) is 0 Å². The van der Waals surface area contributed by atoms with Gasteiger partial charge in [-0.15, -0.1) is 0 Å². The van der Waals surface area contributed by atoms with E-state index in [1.165, 1.54) is 6.07 Å². The molecule has 2 bridgehead atoms. The molecular formula is C42H49F2N7O5. The van der Waals surface area contributed by atoms with Gasteiger partial charge in [-0.05, 0) is 106 Å². The smallest absolute Gasteiger partial charge is 0.410 e. The molecule has 296 valence electrons. The molecule has 7 heterocycles. The Hall–Kier alpha value is -4.82. The van der Waals surface area contributed by atoms with E-state index in [0.717, 1.165) is 59.6 Å². The second kappa shape index (κ2) is 14.0. The van der Waals surface area contributed by atoms with E-state index in [0.29, 0.717) is 60.8 Å². The van der Waals surface area contributed by atoms with Crippen molar-refractivity contribution in [2.45, 2.75) is 95.6 Å². The van der Waals surface area contributed by atoms with E-state index in [1.807, 2.05) is 61.4 Å². The van der Waals surface area contributed by atoms with Crippen LogP contribution in [0.3, 0.4) is 0 Å². The average Bonchev–Trinajstić information content (AvgIpc) is 3.93. The van der Waals surface area contributed by atoms with Crippen molar-refractivity contribution < 1.29 is 32.5 Å². The Kier molecular flexibility index (Phi) is 9.19. The Morgan fingerprint density at radius 2 is 1.84 bits per heavy atom. The largest absolute Gasteiger partial charge is 0.468 e. The van der Waals surface area contributed by atoms with E-state index in [1.54, 1.807) is 19.4 Å². The summed E-state index contributed by atoms with van der Waals surface area (Å²) in [5.41, 5.74) is 3.06. The highest BCUT2D eigenvalue weighted by atomic mass is 19.1. The number of methoxy groups -OCH3 is 1. The highest BCUT2D eigenvalue weighted by Gasteiger charge is 2.50. The number of alkyl halides is 1. The van der Waals surface area contributed by atoms with E-state index in [2.05, 4.69) is 9.80 Å². The maximum atomic E-state index is 15.5. The first-order chi connectivity index (χ1) is 26.9. The molecule has 4 saturated heterocycles. The fourth-order valence-electron chi connectivity index (χ4n) is 9.73. The number of imidazole rings is 1. The minimum Gasteiger partial charge on any atom is -0.468 e. The minimum atomic E-state index is -0.892. The Balaban J connectivity index is 1.20. The van der Waals surface area contributed by atoms with Gasteiger partial charge in [0.05, 0.1) is 23.1 Å². The molecule has 2 aromatic carbocycles. The number of hydrogen-bond acceptors (Lipinski definition) is 10. The number of halogens is 2. The summed E-state index contributed by atoms with van der Waals surface area (Å²) in [4.78, 5) is 34.8. The van der Waals surface area contributed by atoms with Crippen molar-refractivity contribution in [3.8, 4) is 22.9 Å². The lowest BCUT2D eigenvalue weighted by Gasteiger charge is -2.42. The van der Waals surface area contributed by atoms with Crippen molar-refractivity contribution in [3.63, 3.8) is 0 Å². The molecule has 4 aliphatic rings. The third kappa shape index (κ3) is 6.34. The Morgan fingerprint density at radius 1 is 1.04 bits per heavy atom. The van der Waals surface area contributed by atoms with Crippen LogP contribution in [0.25, 0.3) is 38.6 Å². The number of carbonyl (C=O) groups is 1. The highest BCUT2D eigenvalue weighted by molar-refractivity contribution is 6.05. The molecule has 0 saturated carbocycles. The van der Waals surface area contributed by atoms with E-state index in [9.17, 15) is 9.18 Å². The fraction of sp³-hybridized carbons (Fsp3) is 0.524. The van der Waals surface area contributed by atoms with Gasteiger partial charge in [0.2, 0.25) is 0 Å². The molecule has 14 heteroatoms. The van der Waals surface area contributed by atoms with Gasteiger partial charge in [0, 0.05) is 51.1 Å². The molecule has 1 amide bonds. The second-order valence-electron chi connectivity index (χ2n) is 16.8. The summed E-state index contributed by atoms with van der Waals surface area (Å²) in [6.07, 6.45) is 6.91. The van der Waals surface area contributed by atoms with E-state index in [4.69, 9.17) is 33.9 Å². The summed E-state index contributed by atoms with van der Waals surface area (Å²) < 4.78 is 55.9. The zero-order chi connectivity index (χ0) is 38.9. The van der Waals surface area contributed by atoms with Gasteiger partial charge in [-0.2, -0.15) is 9.97 Å². The van der Waals surface area contributed by atoms with Crippen LogP contribution in [0.15, 0.2) is 42.7 Å². The lowest BCUT2D eigenvalue weighted by molar-refractivity contribution is 0.0122. The molecule has 0 radical (unpaired) electrons. The predicted molar refractivity (Wildman–Crippen MR) is 209 cm³/mol. The number of hydrogen-bond donors (Lipinski definition) is 0. The summed E-state index contributed by atoms with van der Waals surface area (Å²) in [6, 6.07) is 9.12. The number of pyridine rings is 1. The molecule has 3 aromatic heterocycles. The minimum absolute atomic E-state index is 0.0474. The first-order valence-electron chi connectivity index (χ1n) is 19.8. The number of ether oxygens (including phenoxy) is 4. The van der Waals surface area contributed by atoms with Crippen LogP contribution in [0.1, 0.15) is 65.4 Å². The molecule has 4 aliphatic heterocycles. The number of nitrogens with zero attached hydrogens (tertiary/aromatic N) is 7. The van der Waals surface area contributed by atoms with Crippen molar-refractivity contribution >= 4 is 39.4 Å². The van der Waals surface area contributed by atoms with E-state index < -0.39 is 17.3 Å².